The van der Waals surface area contributed by atoms with Crippen LogP contribution in [-0.2, 0) is 17.9 Å². The topological polar surface area (TPSA) is 67.2 Å². The molecular weight excluding hydrogens is 316 g/mol. The Morgan fingerprint density at radius 1 is 1.16 bits per heavy atom. The van der Waals surface area contributed by atoms with Gasteiger partial charge in [-0.3, -0.25) is 4.79 Å². The summed E-state index contributed by atoms with van der Waals surface area (Å²) in [6, 6.07) is 8.39. The van der Waals surface area contributed by atoms with Gasteiger partial charge in [0, 0.05) is 33.1 Å². The van der Waals surface area contributed by atoms with Crippen LogP contribution in [0.3, 0.4) is 0 Å². The predicted octanol–water partition coefficient (Wildman–Crippen LogP) is 1.69. The zero-order chi connectivity index (χ0) is 17.2. The van der Waals surface area contributed by atoms with Crippen LogP contribution in [0.1, 0.15) is 36.8 Å². The van der Waals surface area contributed by atoms with Crippen LogP contribution in [-0.4, -0.2) is 51.2 Å². The summed E-state index contributed by atoms with van der Waals surface area (Å²) in [5.74, 6) is 1.88. The number of carbonyl (C=O) groups is 1. The van der Waals surface area contributed by atoms with Gasteiger partial charge in [0.1, 0.15) is 0 Å². The summed E-state index contributed by atoms with van der Waals surface area (Å²) < 4.78 is 1.85. The van der Waals surface area contributed by atoms with Crippen LogP contribution in [0.4, 0.5) is 5.95 Å². The van der Waals surface area contributed by atoms with E-state index >= 15 is 0 Å². The largest absolute Gasteiger partial charge is 0.342 e. The number of anilines is 1. The van der Waals surface area contributed by atoms with E-state index in [1.807, 2.05) is 9.58 Å². The van der Waals surface area contributed by atoms with Crippen molar-refractivity contribution in [3.63, 3.8) is 0 Å². The second-order valence-corrected chi connectivity index (χ2v) is 7.20. The van der Waals surface area contributed by atoms with E-state index in [1.54, 1.807) is 0 Å². The van der Waals surface area contributed by atoms with E-state index < -0.39 is 0 Å². The molecule has 1 aliphatic carbocycles. The SMILES string of the molecule is CN(CC1CC1)c1nnnn1Cc1ccc(CN2CCCC2=O)cc1. The molecule has 1 saturated heterocycles. The number of likely N-dealkylation sites (tertiary alicyclic amines) is 1. The van der Waals surface area contributed by atoms with Crippen LogP contribution in [0.2, 0.25) is 0 Å². The van der Waals surface area contributed by atoms with Crippen molar-refractivity contribution < 1.29 is 4.79 Å². The third kappa shape index (κ3) is 3.81. The molecule has 2 fully saturated rings. The number of hydrogen-bond donors (Lipinski definition) is 0. The van der Waals surface area contributed by atoms with Gasteiger partial charge in [-0.15, -0.1) is 0 Å². The second kappa shape index (κ2) is 6.82. The fourth-order valence-electron chi connectivity index (χ4n) is 3.36. The standard InChI is InChI=1S/C18H24N6O/c1-22(11-14-4-5-14)18-19-20-21-24(18)13-16-8-6-15(7-9-16)12-23-10-2-3-17(23)25/h6-9,14H,2-5,10-13H2,1H3. The highest BCUT2D eigenvalue weighted by Gasteiger charge is 2.25. The van der Waals surface area contributed by atoms with Crippen molar-refractivity contribution in [1.82, 2.24) is 25.1 Å². The summed E-state index contributed by atoms with van der Waals surface area (Å²) in [5, 5.41) is 12.1. The van der Waals surface area contributed by atoms with Gasteiger partial charge in [0.2, 0.25) is 11.9 Å². The molecule has 0 spiro atoms. The Kier molecular flexibility index (Phi) is 4.38. The lowest BCUT2D eigenvalue weighted by atomic mass is 10.1. The maximum absolute atomic E-state index is 11.7. The molecule has 2 heterocycles. The summed E-state index contributed by atoms with van der Waals surface area (Å²) >= 11 is 0. The highest BCUT2D eigenvalue weighted by atomic mass is 16.2. The molecule has 1 saturated carbocycles. The van der Waals surface area contributed by atoms with E-state index in [9.17, 15) is 4.79 Å². The van der Waals surface area contributed by atoms with E-state index in [0.717, 1.165) is 36.9 Å². The first-order valence-corrected chi connectivity index (χ1v) is 9.02. The van der Waals surface area contributed by atoms with Gasteiger partial charge in [0.25, 0.3) is 0 Å². The van der Waals surface area contributed by atoms with Gasteiger partial charge >= 0.3 is 0 Å². The molecule has 1 aromatic heterocycles. The van der Waals surface area contributed by atoms with Gasteiger partial charge in [-0.2, -0.15) is 0 Å². The molecule has 0 atom stereocenters. The molecule has 2 aliphatic rings. The van der Waals surface area contributed by atoms with Gasteiger partial charge < -0.3 is 9.80 Å². The first-order valence-electron chi connectivity index (χ1n) is 9.02. The number of benzene rings is 1. The molecule has 7 heteroatoms. The third-order valence-corrected chi connectivity index (χ3v) is 4.98. The molecule has 1 amide bonds. The fraction of sp³-hybridized carbons (Fsp3) is 0.556. The molecule has 0 radical (unpaired) electrons. The summed E-state index contributed by atoms with van der Waals surface area (Å²) in [6.07, 6.45) is 4.29. The lowest BCUT2D eigenvalue weighted by Crippen LogP contribution is -2.24. The highest BCUT2D eigenvalue weighted by Crippen LogP contribution is 2.30. The molecule has 132 valence electrons. The minimum Gasteiger partial charge on any atom is -0.342 e. The van der Waals surface area contributed by atoms with Crippen molar-refractivity contribution in [3.05, 3.63) is 35.4 Å². The van der Waals surface area contributed by atoms with Gasteiger partial charge in [-0.1, -0.05) is 29.4 Å². The monoisotopic (exact) mass is 340 g/mol. The Labute approximate surface area is 147 Å². The minimum absolute atomic E-state index is 0.265. The van der Waals surface area contributed by atoms with Crippen LogP contribution in [0.15, 0.2) is 24.3 Å². The van der Waals surface area contributed by atoms with E-state index in [-0.39, 0.29) is 5.91 Å². The van der Waals surface area contributed by atoms with Crippen LogP contribution in [0, 0.1) is 5.92 Å². The van der Waals surface area contributed by atoms with E-state index in [4.69, 9.17) is 0 Å². The molecule has 0 N–H and O–H groups in total. The Morgan fingerprint density at radius 3 is 2.52 bits per heavy atom. The lowest BCUT2D eigenvalue weighted by molar-refractivity contribution is -0.128. The second-order valence-electron chi connectivity index (χ2n) is 7.20. The number of nitrogens with zero attached hydrogens (tertiary/aromatic N) is 6. The summed E-state index contributed by atoms with van der Waals surface area (Å²) in [7, 11) is 2.05. The molecule has 4 rings (SSSR count). The van der Waals surface area contributed by atoms with Crippen LogP contribution < -0.4 is 4.90 Å². The zero-order valence-corrected chi connectivity index (χ0v) is 14.6. The Morgan fingerprint density at radius 2 is 1.88 bits per heavy atom. The number of amides is 1. The summed E-state index contributed by atoms with van der Waals surface area (Å²) in [5.41, 5.74) is 2.33. The van der Waals surface area contributed by atoms with Gasteiger partial charge in [0.05, 0.1) is 6.54 Å². The number of rotatable bonds is 7. The summed E-state index contributed by atoms with van der Waals surface area (Å²) in [6.45, 7) is 3.25. The van der Waals surface area contributed by atoms with Crippen molar-refractivity contribution >= 4 is 11.9 Å². The number of carbonyl (C=O) groups excluding carboxylic acids is 1. The quantitative estimate of drug-likeness (QED) is 0.767. The predicted molar refractivity (Wildman–Crippen MR) is 94.0 cm³/mol. The number of aromatic nitrogens is 4. The Bertz CT molecular complexity index is 736. The minimum atomic E-state index is 0.265. The van der Waals surface area contributed by atoms with Crippen molar-refractivity contribution in [2.75, 3.05) is 25.0 Å². The maximum Gasteiger partial charge on any atom is 0.245 e. The maximum atomic E-state index is 11.7. The first kappa shape index (κ1) is 16.1. The zero-order valence-electron chi connectivity index (χ0n) is 14.6. The Balaban J connectivity index is 1.39. The molecule has 0 bridgehead atoms. The third-order valence-electron chi connectivity index (χ3n) is 4.98. The lowest BCUT2D eigenvalue weighted by Gasteiger charge is -2.17. The van der Waals surface area contributed by atoms with E-state index in [1.165, 1.54) is 18.4 Å². The highest BCUT2D eigenvalue weighted by molar-refractivity contribution is 5.78. The van der Waals surface area contributed by atoms with Gasteiger partial charge in [0.15, 0.2) is 0 Å². The molecular formula is C18H24N6O. The average Bonchev–Trinajstić information content (AvgIpc) is 3.14. The van der Waals surface area contributed by atoms with E-state index in [0.29, 0.717) is 19.5 Å². The molecule has 7 nitrogen and oxygen atoms in total. The number of tetrazole rings is 1. The van der Waals surface area contributed by atoms with Crippen molar-refractivity contribution in [2.45, 2.75) is 38.8 Å². The van der Waals surface area contributed by atoms with Crippen LogP contribution in [0.25, 0.3) is 0 Å². The average molecular weight is 340 g/mol. The normalized spacial score (nSPS) is 17.3. The van der Waals surface area contributed by atoms with Crippen molar-refractivity contribution in [1.29, 1.82) is 0 Å². The van der Waals surface area contributed by atoms with Crippen molar-refractivity contribution in [3.8, 4) is 0 Å². The molecule has 1 aromatic carbocycles. The van der Waals surface area contributed by atoms with Gasteiger partial charge in [-0.05, 0) is 46.7 Å². The molecule has 0 unspecified atom stereocenters. The smallest absolute Gasteiger partial charge is 0.245 e. The van der Waals surface area contributed by atoms with Crippen LogP contribution in [0.5, 0.6) is 0 Å². The molecule has 2 aromatic rings. The summed E-state index contributed by atoms with van der Waals surface area (Å²) in [4.78, 5) is 15.8. The molecule has 25 heavy (non-hydrogen) atoms. The van der Waals surface area contributed by atoms with Crippen molar-refractivity contribution in [2.24, 2.45) is 5.92 Å². The van der Waals surface area contributed by atoms with Gasteiger partial charge in [-0.25, -0.2) is 4.68 Å². The Hall–Kier alpha value is -2.44. The first-order chi connectivity index (χ1) is 12.2. The number of hydrogen-bond acceptors (Lipinski definition) is 5. The fourth-order valence-corrected chi connectivity index (χ4v) is 3.36. The van der Waals surface area contributed by atoms with E-state index in [2.05, 4.69) is 51.7 Å². The molecule has 1 aliphatic heterocycles. The van der Waals surface area contributed by atoms with Crippen LogP contribution >= 0.6 is 0 Å².